The summed E-state index contributed by atoms with van der Waals surface area (Å²) < 4.78 is 0. The van der Waals surface area contributed by atoms with Crippen LogP contribution in [0.2, 0.25) is 0 Å². The molecule has 0 unspecified atom stereocenters. The second kappa shape index (κ2) is 12.2. The summed E-state index contributed by atoms with van der Waals surface area (Å²) in [6.45, 7) is 1.97. The van der Waals surface area contributed by atoms with Crippen LogP contribution in [0.25, 0.3) is 6.08 Å². The topological polar surface area (TPSA) is 118 Å². The molecule has 2 N–H and O–H groups in total. The predicted molar refractivity (Wildman–Crippen MR) is 151 cm³/mol. The lowest BCUT2D eigenvalue weighted by Gasteiger charge is -2.13. The fraction of sp³-hybridized carbons (Fsp3) is 0.0645. The molecule has 8 heteroatoms. The highest BCUT2D eigenvalue weighted by Gasteiger charge is 2.17. The van der Waals surface area contributed by atoms with Gasteiger partial charge in [0.15, 0.2) is 5.78 Å². The van der Waals surface area contributed by atoms with Crippen molar-refractivity contribution in [1.82, 2.24) is 0 Å². The number of aryl methyl sites for hydroxylation is 1. The maximum absolute atomic E-state index is 13.3. The van der Waals surface area contributed by atoms with Crippen molar-refractivity contribution in [2.45, 2.75) is 13.3 Å². The quantitative estimate of drug-likeness (QED) is 0.122. The molecule has 0 aliphatic rings. The van der Waals surface area contributed by atoms with Gasteiger partial charge < -0.3 is 10.6 Å². The number of rotatable bonds is 9. The van der Waals surface area contributed by atoms with Gasteiger partial charge in [-0.1, -0.05) is 72.3 Å². The Balaban J connectivity index is 1.55. The number of ketones is 1. The second-order valence-electron chi connectivity index (χ2n) is 8.84. The average Bonchev–Trinajstić information content (AvgIpc) is 2.94. The summed E-state index contributed by atoms with van der Waals surface area (Å²) in [5.41, 5.74) is 3.67. The number of nitrogens with zero attached hydrogens (tertiary/aromatic N) is 1. The number of hydrogen-bond donors (Lipinski definition) is 2. The van der Waals surface area contributed by atoms with Crippen LogP contribution in [0.5, 0.6) is 0 Å². The van der Waals surface area contributed by atoms with Crippen molar-refractivity contribution in [3.8, 4) is 0 Å². The van der Waals surface area contributed by atoms with Crippen LogP contribution in [0.4, 0.5) is 17.1 Å². The molecule has 0 radical (unpaired) electrons. The first-order chi connectivity index (χ1) is 18.8. The summed E-state index contributed by atoms with van der Waals surface area (Å²) in [6, 6.07) is 26.8. The summed E-state index contributed by atoms with van der Waals surface area (Å²) in [5.74, 6) is -1.09. The molecule has 0 spiro atoms. The van der Waals surface area contributed by atoms with Crippen molar-refractivity contribution >= 4 is 40.7 Å². The molecule has 194 valence electrons. The van der Waals surface area contributed by atoms with Gasteiger partial charge in [-0.2, -0.15) is 0 Å². The predicted octanol–water partition coefficient (Wildman–Crippen LogP) is 5.97. The number of carbonyl (C=O) groups excluding carboxylic acids is 3. The summed E-state index contributed by atoms with van der Waals surface area (Å²) in [4.78, 5) is 49.1. The standard InChI is InChI=1S/C31H25N3O5/c1-21-10-12-23(13-11-21)19-30(36)33-28-16-15-25(20-27(28)31(37)24-7-3-2-4-8-24)32-29(35)17-14-22-6-5-9-26(18-22)34(38)39/h2-18,20H,19H2,1H3,(H,32,35)(H,33,36)/b17-14+. The van der Waals surface area contributed by atoms with E-state index in [0.717, 1.165) is 11.1 Å². The number of nitrogens with one attached hydrogen (secondary N) is 2. The lowest BCUT2D eigenvalue weighted by Crippen LogP contribution is -2.18. The lowest BCUT2D eigenvalue weighted by molar-refractivity contribution is -0.384. The molecule has 0 fully saturated rings. The van der Waals surface area contributed by atoms with Crippen molar-refractivity contribution < 1.29 is 19.3 Å². The first-order valence-corrected chi connectivity index (χ1v) is 12.1. The Bertz CT molecular complexity index is 1560. The number of nitro groups is 1. The number of anilines is 2. The molecular weight excluding hydrogens is 494 g/mol. The van der Waals surface area contributed by atoms with Crippen LogP contribution >= 0.6 is 0 Å². The van der Waals surface area contributed by atoms with E-state index in [9.17, 15) is 24.5 Å². The first-order valence-electron chi connectivity index (χ1n) is 12.1. The normalized spacial score (nSPS) is 10.7. The van der Waals surface area contributed by atoms with E-state index in [1.165, 1.54) is 36.4 Å². The molecule has 0 heterocycles. The van der Waals surface area contributed by atoms with E-state index in [1.54, 1.807) is 48.5 Å². The van der Waals surface area contributed by atoms with Crippen LogP contribution in [-0.4, -0.2) is 22.5 Å². The molecule has 0 aliphatic carbocycles. The summed E-state index contributed by atoms with van der Waals surface area (Å²) >= 11 is 0. The Labute approximate surface area is 225 Å². The van der Waals surface area contributed by atoms with Gasteiger partial charge in [-0.3, -0.25) is 24.5 Å². The van der Waals surface area contributed by atoms with Gasteiger partial charge in [-0.15, -0.1) is 0 Å². The van der Waals surface area contributed by atoms with Gasteiger partial charge in [0.2, 0.25) is 11.8 Å². The van der Waals surface area contributed by atoms with Crippen molar-refractivity contribution in [2.24, 2.45) is 0 Å². The highest BCUT2D eigenvalue weighted by atomic mass is 16.6. The largest absolute Gasteiger partial charge is 0.325 e. The number of benzene rings is 4. The third-order valence-electron chi connectivity index (χ3n) is 5.84. The molecule has 0 aromatic heterocycles. The maximum atomic E-state index is 13.3. The number of non-ortho nitro benzene ring substituents is 1. The van der Waals surface area contributed by atoms with Crippen LogP contribution in [-0.2, 0) is 16.0 Å². The Morgan fingerprint density at radius 3 is 2.31 bits per heavy atom. The zero-order valence-electron chi connectivity index (χ0n) is 21.1. The summed E-state index contributed by atoms with van der Waals surface area (Å²) in [7, 11) is 0. The van der Waals surface area contributed by atoms with E-state index in [-0.39, 0.29) is 29.4 Å². The van der Waals surface area contributed by atoms with E-state index in [4.69, 9.17) is 0 Å². The molecule has 0 saturated heterocycles. The van der Waals surface area contributed by atoms with Gasteiger partial charge >= 0.3 is 0 Å². The lowest BCUT2D eigenvalue weighted by atomic mass is 10.0. The third-order valence-corrected chi connectivity index (χ3v) is 5.84. The summed E-state index contributed by atoms with van der Waals surface area (Å²) in [6.07, 6.45) is 2.84. The van der Waals surface area contributed by atoms with Gasteiger partial charge in [0.25, 0.3) is 5.69 Å². The van der Waals surface area contributed by atoms with E-state index in [1.807, 2.05) is 31.2 Å². The molecule has 0 bridgehead atoms. The van der Waals surface area contributed by atoms with E-state index in [2.05, 4.69) is 10.6 Å². The van der Waals surface area contributed by atoms with Gasteiger partial charge in [-0.25, -0.2) is 0 Å². The molecule has 0 aliphatic heterocycles. The van der Waals surface area contributed by atoms with Crippen molar-refractivity contribution in [1.29, 1.82) is 0 Å². The molecule has 39 heavy (non-hydrogen) atoms. The SMILES string of the molecule is Cc1ccc(CC(=O)Nc2ccc(NC(=O)/C=C/c3cccc([N+](=O)[O-])c3)cc2C(=O)c2ccccc2)cc1. The molecule has 4 aromatic carbocycles. The van der Waals surface area contributed by atoms with Crippen LogP contribution in [0.1, 0.15) is 32.6 Å². The molecule has 0 atom stereocenters. The molecule has 0 saturated carbocycles. The highest BCUT2D eigenvalue weighted by Crippen LogP contribution is 2.24. The average molecular weight is 520 g/mol. The number of hydrogen-bond acceptors (Lipinski definition) is 5. The fourth-order valence-corrected chi connectivity index (χ4v) is 3.85. The monoisotopic (exact) mass is 519 g/mol. The van der Waals surface area contributed by atoms with Gasteiger partial charge in [0, 0.05) is 35.0 Å². The van der Waals surface area contributed by atoms with Crippen LogP contribution in [0, 0.1) is 17.0 Å². The molecule has 4 rings (SSSR count). The van der Waals surface area contributed by atoms with E-state index >= 15 is 0 Å². The number of amides is 2. The maximum Gasteiger partial charge on any atom is 0.270 e. The second-order valence-corrected chi connectivity index (χ2v) is 8.84. The Hall–Kier alpha value is -5.37. The van der Waals surface area contributed by atoms with Gasteiger partial charge in [0.1, 0.15) is 0 Å². The van der Waals surface area contributed by atoms with Crippen molar-refractivity contribution in [3.63, 3.8) is 0 Å². The minimum absolute atomic E-state index is 0.0818. The Morgan fingerprint density at radius 1 is 0.846 bits per heavy atom. The first kappa shape index (κ1) is 26.7. The molecule has 2 amide bonds. The zero-order chi connectivity index (χ0) is 27.8. The Morgan fingerprint density at radius 2 is 1.59 bits per heavy atom. The smallest absolute Gasteiger partial charge is 0.270 e. The molecular formula is C31H25N3O5. The molecule has 4 aromatic rings. The van der Waals surface area contributed by atoms with Gasteiger partial charge in [-0.05, 0) is 42.3 Å². The highest BCUT2D eigenvalue weighted by molar-refractivity contribution is 6.15. The van der Waals surface area contributed by atoms with Crippen LogP contribution < -0.4 is 10.6 Å². The number of carbonyl (C=O) groups is 3. The zero-order valence-corrected chi connectivity index (χ0v) is 21.1. The van der Waals surface area contributed by atoms with Crippen LogP contribution in [0.3, 0.4) is 0 Å². The van der Waals surface area contributed by atoms with Gasteiger partial charge in [0.05, 0.1) is 17.0 Å². The van der Waals surface area contributed by atoms with Crippen molar-refractivity contribution in [2.75, 3.05) is 10.6 Å². The fourth-order valence-electron chi connectivity index (χ4n) is 3.85. The van der Waals surface area contributed by atoms with Crippen LogP contribution in [0.15, 0.2) is 103 Å². The van der Waals surface area contributed by atoms with E-state index < -0.39 is 10.8 Å². The summed E-state index contributed by atoms with van der Waals surface area (Å²) in [5, 5.41) is 16.5. The minimum Gasteiger partial charge on any atom is -0.325 e. The molecule has 8 nitrogen and oxygen atoms in total. The minimum atomic E-state index is -0.510. The third kappa shape index (κ3) is 7.33. The Kier molecular flexibility index (Phi) is 8.38. The number of nitro benzene ring substituents is 1. The van der Waals surface area contributed by atoms with Crippen molar-refractivity contribution in [3.05, 3.63) is 141 Å². The van der Waals surface area contributed by atoms with E-state index in [0.29, 0.717) is 22.5 Å².